The summed E-state index contributed by atoms with van der Waals surface area (Å²) in [4.78, 5) is 21.9. The van der Waals surface area contributed by atoms with Crippen molar-refractivity contribution in [2.24, 2.45) is 0 Å². The molecule has 1 aromatic carbocycles. The van der Waals surface area contributed by atoms with Crippen molar-refractivity contribution >= 4 is 29.3 Å². The molecule has 0 aliphatic heterocycles. The Morgan fingerprint density at radius 2 is 1.89 bits per heavy atom. The maximum atomic E-state index is 11.9. The monoisotopic (exact) mass is 293 g/mol. The minimum atomic E-state index is -4.47. The van der Waals surface area contributed by atoms with E-state index in [0.29, 0.717) is 5.56 Å². The number of thioether (sulfide) groups is 1. The van der Waals surface area contributed by atoms with E-state index in [0.717, 1.165) is 0 Å². The number of halogens is 3. The van der Waals surface area contributed by atoms with Crippen LogP contribution in [0.5, 0.6) is 0 Å². The normalized spacial score (nSPS) is 11.1. The number of anilines is 1. The highest BCUT2D eigenvalue weighted by Gasteiger charge is 2.29. The van der Waals surface area contributed by atoms with Crippen LogP contribution in [0.3, 0.4) is 0 Å². The first-order chi connectivity index (χ1) is 8.78. The summed E-state index contributed by atoms with van der Waals surface area (Å²) < 4.78 is 35.7. The number of carboxylic acids is 1. The highest BCUT2D eigenvalue weighted by atomic mass is 32.2. The highest BCUT2D eigenvalue weighted by Crippen LogP contribution is 2.30. The molecule has 0 aromatic heterocycles. The number of benzene rings is 1. The van der Waals surface area contributed by atoms with Gasteiger partial charge in [0.25, 0.3) is 0 Å². The lowest BCUT2D eigenvalue weighted by Gasteiger charge is -2.10. The number of hydrogen-bond donors (Lipinski definition) is 2. The van der Waals surface area contributed by atoms with Crippen LogP contribution in [0.15, 0.2) is 24.3 Å². The molecule has 0 aliphatic carbocycles. The Balaban J connectivity index is 2.66. The van der Waals surface area contributed by atoms with E-state index in [1.807, 2.05) is 0 Å². The van der Waals surface area contributed by atoms with E-state index >= 15 is 0 Å². The van der Waals surface area contributed by atoms with Crippen molar-refractivity contribution in [3.8, 4) is 0 Å². The molecule has 0 radical (unpaired) electrons. The van der Waals surface area contributed by atoms with E-state index in [-0.39, 0.29) is 12.1 Å². The molecule has 0 fully saturated rings. The molecule has 0 bridgehead atoms. The second kappa shape index (κ2) is 6.46. The maximum absolute atomic E-state index is 11.9. The number of rotatable bonds is 5. The fourth-order valence-corrected chi connectivity index (χ4v) is 1.66. The van der Waals surface area contributed by atoms with Crippen LogP contribution in [0.2, 0.25) is 0 Å². The smallest absolute Gasteiger partial charge is 0.442 e. The fraction of sp³-hybridized carbons (Fsp3) is 0.273. The number of nitrogens with one attached hydrogen (secondary N) is 1. The standard InChI is InChI=1S/C11H10F3NO3S/c12-11(13,14)19-6-9(16)15-8-4-2-1-3-7(8)5-10(17)18/h1-4H,5-6H2,(H,15,16)(H,17,18). The summed E-state index contributed by atoms with van der Waals surface area (Å²) >= 11 is -0.448. The number of amides is 1. The first-order valence-electron chi connectivity index (χ1n) is 5.08. The first kappa shape index (κ1) is 15.4. The van der Waals surface area contributed by atoms with Gasteiger partial charge in [-0.25, -0.2) is 0 Å². The number of hydrogen-bond acceptors (Lipinski definition) is 3. The molecule has 0 saturated heterocycles. The van der Waals surface area contributed by atoms with E-state index in [2.05, 4.69) is 5.32 Å². The molecule has 0 atom stereocenters. The summed E-state index contributed by atoms with van der Waals surface area (Å²) in [5.41, 5.74) is -3.93. The number of carbonyl (C=O) groups excluding carboxylic acids is 1. The van der Waals surface area contributed by atoms with Crippen LogP contribution in [0.25, 0.3) is 0 Å². The minimum absolute atomic E-state index is 0.206. The number of carbonyl (C=O) groups is 2. The Labute approximate surface area is 111 Å². The SMILES string of the molecule is O=C(O)Cc1ccccc1NC(=O)CSC(F)(F)F. The molecular formula is C11H10F3NO3S. The predicted octanol–water partition coefficient (Wildman–Crippen LogP) is 2.51. The average Bonchev–Trinajstić information content (AvgIpc) is 2.27. The first-order valence-corrected chi connectivity index (χ1v) is 6.07. The Bertz CT molecular complexity index is 476. The second-order valence-electron chi connectivity index (χ2n) is 3.51. The number of aliphatic carboxylic acids is 1. The van der Waals surface area contributed by atoms with E-state index < -0.39 is 34.9 Å². The quantitative estimate of drug-likeness (QED) is 0.875. The lowest BCUT2D eigenvalue weighted by Crippen LogP contribution is -2.18. The van der Waals surface area contributed by atoms with E-state index in [4.69, 9.17) is 5.11 Å². The summed E-state index contributed by atoms with van der Waals surface area (Å²) in [6.45, 7) is 0. The van der Waals surface area contributed by atoms with Crippen molar-refractivity contribution in [2.75, 3.05) is 11.1 Å². The van der Waals surface area contributed by atoms with Gasteiger partial charge in [0, 0.05) is 5.69 Å². The lowest BCUT2D eigenvalue weighted by molar-refractivity contribution is -0.136. The topological polar surface area (TPSA) is 66.4 Å². The van der Waals surface area contributed by atoms with Crippen molar-refractivity contribution in [1.29, 1.82) is 0 Å². The minimum Gasteiger partial charge on any atom is -0.481 e. The second-order valence-corrected chi connectivity index (χ2v) is 4.55. The van der Waals surface area contributed by atoms with Gasteiger partial charge in [-0.05, 0) is 23.4 Å². The van der Waals surface area contributed by atoms with Crippen LogP contribution in [0, 0.1) is 0 Å². The summed E-state index contributed by atoms with van der Waals surface area (Å²) in [5.74, 6) is -2.70. The van der Waals surface area contributed by atoms with Gasteiger partial charge in [-0.3, -0.25) is 9.59 Å². The largest absolute Gasteiger partial charge is 0.481 e. The van der Waals surface area contributed by atoms with E-state index in [1.54, 1.807) is 12.1 Å². The molecule has 8 heteroatoms. The van der Waals surface area contributed by atoms with Crippen LogP contribution in [0.4, 0.5) is 18.9 Å². The molecule has 0 saturated carbocycles. The molecule has 1 rings (SSSR count). The zero-order chi connectivity index (χ0) is 14.5. The van der Waals surface area contributed by atoms with E-state index in [1.165, 1.54) is 12.1 Å². The maximum Gasteiger partial charge on any atom is 0.442 e. The molecule has 0 spiro atoms. The molecule has 0 heterocycles. The summed E-state index contributed by atoms with van der Waals surface area (Å²) in [7, 11) is 0. The molecule has 4 nitrogen and oxygen atoms in total. The van der Waals surface area contributed by atoms with Crippen molar-refractivity contribution in [1.82, 2.24) is 0 Å². The van der Waals surface area contributed by atoms with Gasteiger partial charge in [0.1, 0.15) is 0 Å². The summed E-state index contributed by atoms with van der Waals surface area (Å²) in [5, 5.41) is 10.9. The van der Waals surface area contributed by atoms with Crippen LogP contribution >= 0.6 is 11.8 Å². The third-order valence-corrected chi connectivity index (χ3v) is 2.73. The third-order valence-electron chi connectivity index (χ3n) is 2.00. The van der Waals surface area contributed by atoms with Gasteiger partial charge in [0.15, 0.2) is 0 Å². The van der Waals surface area contributed by atoms with Crippen LogP contribution in [-0.2, 0) is 16.0 Å². The number of para-hydroxylation sites is 1. The third kappa shape index (κ3) is 6.14. The molecule has 2 N–H and O–H groups in total. The van der Waals surface area contributed by atoms with Crippen molar-refractivity contribution < 1.29 is 27.9 Å². The van der Waals surface area contributed by atoms with Gasteiger partial charge in [-0.1, -0.05) is 18.2 Å². The van der Waals surface area contributed by atoms with Gasteiger partial charge in [0.05, 0.1) is 12.2 Å². The van der Waals surface area contributed by atoms with Crippen molar-refractivity contribution in [3.63, 3.8) is 0 Å². The van der Waals surface area contributed by atoms with E-state index in [9.17, 15) is 22.8 Å². The Hall–Kier alpha value is -1.70. The zero-order valence-corrected chi connectivity index (χ0v) is 10.3. The molecule has 1 aromatic rings. The molecule has 0 unspecified atom stereocenters. The molecular weight excluding hydrogens is 283 g/mol. The molecule has 1 amide bonds. The average molecular weight is 293 g/mol. The summed E-state index contributed by atoms with van der Waals surface area (Å²) in [6.07, 6.45) is -0.317. The predicted molar refractivity (Wildman–Crippen MR) is 64.9 cm³/mol. The fourth-order valence-electron chi connectivity index (χ4n) is 1.29. The molecule has 0 aliphatic rings. The van der Waals surface area contributed by atoms with Gasteiger partial charge >= 0.3 is 11.5 Å². The Morgan fingerprint density at radius 1 is 1.26 bits per heavy atom. The lowest BCUT2D eigenvalue weighted by atomic mass is 10.1. The van der Waals surface area contributed by atoms with Gasteiger partial charge < -0.3 is 10.4 Å². The number of carboxylic acid groups (broad SMARTS) is 1. The van der Waals surface area contributed by atoms with Crippen molar-refractivity contribution in [2.45, 2.75) is 11.9 Å². The van der Waals surface area contributed by atoms with Gasteiger partial charge in [-0.15, -0.1) is 0 Å². The molecule has 19 heavy (non-hydrogen) atoms. The highest BCUT2D eigenvalue weighted by molar-refractivity contribution is 8.00. The van der Waals surface area contributed by atoms with Gasteiger partial charge in [0.2, 0.25) is 5.91 Å². The Morgan fingerprint density at radius 3 is 2.47 bits per heavy atom. The zero-order valence-electron chi connectivity index (χ0n) is 9.53. The van der Waals surface area contributed by atoms with Gasteiger partial charge in [-0.2, -0.15) is 13.2 Å². The van der Waals surface area contributed by atoms with Crippen LogP contribution in [0.1, 0.15) is 5.56 Å². The number of alkyl halides is 3. The Kier molecular flexibility index (Phi) is 5.22. The molecule has 104 valence electrons. The van der Waals surface area contributed by atoms with Crippen LogP contribution < -0.4 is 5.32 Å². The summed E-state index contributed by atoms with van der Waals surface area (Å²) in [6, 6.07) is 6.06. The van der Waals surface area contributed by atoms with Crippen molar-refractivity contribution in [3.05, 3.63) is 29.8 Å². The van der Waals surface area contributed by atoms with Crippen LogP contribution in [-0.4, -0.2) is 28.2 Å².